The van der Waals surface area contributed by atoms with Crippen molar-refractivity contribution in [3.8, 4) is 0 Å². The molecule has 1 amide bonds. The van der Waals surface area contributed by atoms with Crippen LogP contribution in [0.2, 0.25) is 0 Å². The Morgan fingerprint density at radius 2 is 1.67 bits per heavy atom. The number of amides is 1. The normalized spacial score (nSPS) is 21.3. The van der Waals surface area contributed by atoms with Gasteiger partial charge in [0.05, 0.1) is 16.8 Å². The standard InChI is InChI=1S/C16H23N3O2/c1-15(2)11-8-12-16(3,4)19(15)21-14(20)18-17-13-9-6-5-7-10-13/h5-7,9-10H,8,11-12H2,1-4H3. The molecule has 0 N–H and O–H groups in total. The zero-order chi connectivity index (χ0) is 15.5. The molecular formula is C16H23N3O2. The summed E-state index contributed by atoms with van der Waals surface area (Å²) >= 11 is 0. The maximum absolute atomic E-state index is 11.9. The molecule has 0 atom stereocenters. The molecule has 21 heavy (non-hydrogen) atoms. The Morgan fingerprint density at radius 3 is 2.24 bits per heavy atom. The lowest BCUT2D eigenvalue weighted by Crippen LogP contribution is -2.58. The average Bonchev–Trinajstić information content (AvgIpc) is 2.41. The van der Waals surface area contributed by atoms with E-state index in [0.29, 0.717) is 5.69 Å². The summed E-state index contributed by atoms with van der Waals surface area (Å²) in [5.74, 6) is 0. The van der Waals surface area contributed by atoms with Crippen molar-refractivity contribution in [2.45, 2.75) is 58.0 Å². The maximum Gasteiger partial charge on any atom is 0.471 e. The molecule has 1 heterocycles. The van der Waals surface area contributed by atoms with Crippen molar-refractivity contribution in [3.63, 3.8) is 0 Å². The molecule has 5 heteroatoms. The van der Waals surface area contributed by atoms with Crippen LogP contribution in [0.3, 0.4) is 0 Å². The second-order valence-electron chi connectivity index (χ2n) is 6.67. The average molecular weight is 289 g/mol. The van der Waals surface area contributed by atoms with Gasteiger partial charge in [-0.25, -0.2) is 4.79 Å². The van der Waals surface area contributed by atoms with Crippen molar-refractivity contribution in [3.05, 3.63) is 30.3 Å². The molecule has 0 radical (unpaired) electrons. The molecule has 0 aliphatic carbocycles. The van der Waals surface area contributed by atoms with E-state index in [1.165, 1.54) is 0 Å². The molecule has 114 valence electrons. The van der Waals surface area contributed by atoms with Gasteiger partial charge in [-0.15, -0.1) is 10.2 Å². The predicted octanol–water partition coefficient (Wildman–Crippen LogP) is 4.87. The summed E-state index contributed by atoms with van der Waals surface area (Å²) in [6.07, 6.45) is 2.42. The number of azo groups is 1. The fourth-order valence-corrected chi connectivity index (χ4v) is 2.91. The third kappa shape index (κ3) is 3.88. The first kappa shape index (κ1) is 15.6. The van der Waals surface area contributed by atoms with Crippen LogP contribution in [0.25, 0.3) is 0 Å². The van der Waals surface area contributed by atoms with E-state index in [1.807, 2.05) is 18.2 Å². The molecule has 1 aromatic rings. The van der Waals surface area contributed by atoms with Gasteiger partial charge >= 0.3 is 6.09 Å². The molecule has 0 aromatic heterocycles. The second-order valence-corrected chi connectivity index (χ2v) is 6.67. The first-order valence-corrected chi connectivity index (χ1v) is 7.30. The summed E-state index contributed by atoms with van der Waals surface area (Å²) in [6.45, 7) is 8.32. The van der Waals surface area contributed by atoms with Crippen molar-refractivity contribution in [1.29, 1.82) is 0 Å². The number of carbonyl (C=O) groups excluding carboxylic acids is 1. The third-order valence-electron chi connectivity index (χ3n) is 3.85. The van der Waals surface area contributed by atoms with Crippen LogP contribution in [-0.4, -0.2) is 22.2 Å². The Hall–Kier alpha value is -1.75. The first-order valence-electron chi connectivity index (χ1n) is 7.30. The third-order valence-corrected chi connectivity index (χ3v) is 3.85. The van der Waals surface area contributed by atoms with Gasteiger partial charge in [-0.2, -0.15) is 0 Å². The number of nitrogens with zero attached hydrogens (tertiary/aromatic N) is 3. The molecule has 0 spiro atoms. The molecule has 2 rings (SSSR count). The van der Waals surface area contributed by atoms with E-state index in [9.17, 15) is 4.79 Å². The number of hydroxylamine groups is 2. The lowest BCUT2D eigenvalue weighted by Gasteiger charge is -2.49. The zero-order valence-corrected chi connectivity index (χ0v) is 13.2. The van der Waals surface area contributed by atoms with Crippen molar-refractivity contribution >= 4 is 11.8 Å². The minimum atomic E-state index is -0.679. The highest BCUT2D eigenvalue weighted by molar-refractivity contribution is 5.67. The van der Waals surface area contributed by atoms with Crippen LogP contribution in [0.15, 0.2) is 40.6 Å². The summed E-state index contributed by atoms with van der Waals surface area (Å²) < 4.78 is 0. The van der Waals surface area contributed by atoms with E-state index < -0.39 is 6.09 Å². The van der Waals surface area contributed by atoms with Gasteiger partial charge in [-0.05, 0) is 59.1 Å². The van der Waals surface area contributed by atoms with E-state index in [4.69, 9.17) is 4.84 Å². The van der Waals surface area contributed by atoms with E-state index in [-0.39, 0.29) is 11.1 Å². The summed E-state index contributed by atoms with van der Waals surface area (Å²) in [6, 6.07) is 9.14. The Morgan fingerprint density at radius 1 is 1.10 bits per heavy atom. The minimum absolute atomic E-state index is 0.195. The fraction of sp³-hybridized carbons (Fsp3) is 0.562. The van der Waals surface area contributed by atoms with E-state index >= 15 is 0 Å². The van der Waals surface area contributed by atoms with Crippen LogP contribution in [0.5, 0.6) is 0 Å². The number of hydrogen-bond acceptors (Lipinski definition) is 4. The number of benzene rings is 1. The minimum Gasteiger partial charge on any atom is -0.347 e. The van der Waals surface area contributed by atoms with Gasteiger partial charge in [-0.1, -0.05) is 23.3 Å². The molecule has 0 bridgehead atoms. The van der Waals surface area contributed by atoms with Crippen LogP contribution < -0.4 is 0 Å². The summed E-state index contributed by atoms with van der Waals surface area (Å²) in [4.78, 5) is 17.4. The fourth-order valence-electron chi connectivity index (χ4n) is 2.91. The predicted molar refractivity (Wildman–Crippen MR) is 81.3 cm³/mol. The lowest BCUT2D eigenvalue weighted by atomic mass is 9.82. The molecule has 1 aliphatic rings. The quantitative estimate of drug-likeness (QED) is 0.730. The molecule has 1 saturated heterocycles. The molecule has 0 saturated carbocycles. The van der Waals surface area contributed by atoms with Crippen LogP contribution in [0.4, 0.5) is 10.5 Å². The summed E-state index contributed by atoms with van der Waals surface area (Å²) in [5, 5.41) is 9.31. The van der Waals surface area contributed by atoms with Gasteiger partial charge in [-0.3, -0.25) is 0 Å². The monoisotopic (exact) mass is 289 g/mol. The van der Waals surface area contributed by atoms with Gasteiger partial charge in [0.2, 0.25) is 0 Å². The maximum atomic E-state index is 11.9. The lowest BCUT2D eigenvalue weighted by molar-refractivity contribution is -0.237. The highest BCUT2D eigenvalue weighted by Crippen LogP contribution is 2.38. The van der Waals surface area contributed by atoms with Gasteiger partial charge in [0.25, 0.3) is 0 Å². The molecule has 1 fully saturated rings. The second kappa shape index (κ2) is 5.93. The number of piperidine rings is 1. The van der Waals surface area contributed by atoms with Gasteiger partial charge < -0.3 is 4.84 Å². The largest absolute Gasteiger partial charge is 0.471 e. The highest BCUT2D eigenvalue weighted by atomic mass is 16.7. The number of rotatable bonds is 2. The summed E-state index contributed by atoms with van der Waals surface area (Å²) in [7, 11) is 0. The SMILES string of the molecule is CC1(C)CCCC(C)(C)N1OC(=O)N=Nc1ccccc1. The molecule has 1 aliphatic heterocycles. The molecule has 5 nitrogen and oxygen atoms in total. The Bertz CT molecular complexity index is 508. The van der Waals surface area contributed by atoms with Crippen molar-refractivity contribution < 1.29 is 9.63 Å². The van der Waals surface area contributed by atoms with E-state index in [2.05, 4.69) is 37.9 Å². The van der Waals surface area contributed by atoms with Crippen molar-refractivity contribution in [2.24, 2.45) is 10.2 Å². The Kier molecular flexibility index (Phi) is 4.42. The zero-order valence-electron chi connectivity index (χ0n) is 13.2. The van der Waals surface area contributed by atoms with Crippen LogP contribution in [-0.2, 0) is 4.84 Å². The number of hydrogen-bond donors (Lipinski definition) is 0. The van der Waals surface area contributed by atoms with Crippen LogP contribution in [0, 0.1) is 0 Å². The highest BCUT2D eigenvalue weighted by Gasteiger charge is 2.44. The van der Waals surface area contributed by atoms with Crippen molar-refractivity contribution in [2.75, 3.05) is 0 Å². The van der Waals surface area contributed by atoms with Gasteiger partial charge in [0, 0.05) is 0 Å². The topological polar surface area (TPSA) is 54.3 Å². The number of carbonyl (C=O) groups is 1. The Balaban J connectivity index is 2.05. The van der Waals surface area contributed by atoms with Gasteiger partial charge in [0.15, 0.2) is 0 Å². The van der Waals surface area contributed by atoms with E-state index in [0.717, 1.165) is 19.3 Å². The van der Waals surface area contributed by atoms with Crippen LogP contribution >= 0.6 is 0 Å². The Labute approximate surface area is 126 Å². The van der Waals surface area contributed by atoms with Crippen molar-refractivity contribution in [1.82, 2.24) is 5.06 Å². The first-order chi connectivity index (χ1) is 9.81. The van der Waals surface area contributed by atoms with Crippen LogP contribution in [0.1, 0.15) is 47.0 Å². The van der Waals surface area contributed by atoms with Gasteiger partial charge in [0.1, 0.15) is 0 Å². The molecular weight excluding hydrogens is 266 g/mol. The summed E-state index contributed by atoms with van der Waals surface area (Å²) in [5.41, 5.74) is 0.242. The molecule has 1 aromatic carbocycles. The van der Waals surface area contributed by atoms with E-state index in [1.54, 1.807) is 17.2 Å². The molecule has 0 unspecified atom stereocenters. The smallest absolute Gasteiger partial charge is 0.347 e.